The highest BCUT2D eigenvalue weighted by atomic mass is 14.5. The third-order valence-corrected chi connectivity index (χ3v) is 10.9. The lowest BCUT2D eigenvalue weighted by Crippen LogP contribution is -2.03. The van der Waals surface area contributed by atoms with E-state index in [0.717, 1.165) is 24.2 Å². The number of aryl methyl sites for hydroxylation is 4. The molecular formula is C47H66N2. The van der Waals surface area contributed by atoms with Gasteiger partial charge in [0.05, 0.1) is 0 Å². The minimum Gasteiger partial charge on any atom is -0.399 e. The van der Waals surface area contributed by atoms with Crippen molar-refractivity contribution < 1.29 is 0 Å². The fourth-order valence-corrected chi connectivity index (χ4v) is 7.89. The highest BCUT2D eigenvalue weighted by Crippen LogP contribution is 2.33. The van der Waals surface area contributed by atoms with Gasteiger partial charge >= 0.3 is 0 Å². The summed E-state index contributed by atoms with van der Waals surface area (Å²) in [6.45, 7) is 8.93. The third kappa shape index (κ3) is 12.4. The molecule has 264 valence electrons. The molecule has 0 amide bonds. The van der Waals surface area contributed by atoms with Crippen LogP contribution < -0.4 is 11.5 Å². The summed E-state index contributed by atoms with van der Waals surface area (Å²) in [5.74, 6) is 0.890. The van der Waals surface area contributed by atoms with Gasteiger partial charge < -0.3 is 11.5 Å². The van der Waals surface area contributed by atoms with Gasteiger partial charge in [-0.15, -0.1) is 0 Å². The van der Waals surface area contributed by atoms with Gasteiger partial charge in [0.25, 0.3) is 0 Å². The number of nitrogen functional groups attached to an aromatic ring is 2. The lowest BCUT2D eigenvalue weighted by molar-refractivity contribution is 0.536. The normalized spacial score (nSPS) is 12.7. The molecule has 4 N–H and O–H groups in total. The Morgan fingerprint density at radius 3 is 1.00 bits per heavy atom. The van der Waals surface area contributed by atoms with Crippen LogP contribution >= 0.6 is 0 Å². The van der Waals surface area contributed by atoms with Crippen molar-refractivity contribution >= 4 is 11.4 Å². The van der Waals surface area contributed by atoms with Gasteiger partial charge in [0.15, 0.2) is 0 Å². The van der Waals surface area contributed by atoms with E-state index in [1.54, 1.807) is 0 Å². The average Bonchev–Trinajstić information content (AvgIpc) is 3.10. The van der Waals surface area contributed by atoms with E-state index in [2.05, 4.69) is 100 Å². The Labute approximate surface area is 300 Å². The van der Waals surface area contributed by atoms with Crippen LogP contribution in [0.3, 0.4) is 0 Å². The molecule has 0 radical (unpaired) electrons. The maximum absolute atomic E-state index is 5.99. The van der Waals surface area contributed by atoms with Gasteiger partial charge in [0, 0.05) is 23.2 Å². The molecule has 0 bridgehead atoms. The Morgan fingerprint density at radius 1 is 0.408 bits per heavy atom. The molecule has 0 aliphatic heterocycles. The second-order valence-corrected chi connectivity index (χ2v) is 14.7. The van der Waals surface area contributed by atoms with Crippen LogP contribution in [-0.4, -0.2) is 0 Å². The van der Waals surface area contributed by atoms with Crippen LogP contribution in [-0.2, 0) is 12.8 Å². The van der Waals surface area contributed by atoms with Gasteiger partial charge in [-0.05, 0) is 121 Å². The molecule has 0 saturated carbocycles. The topological polar surface area (TPSA) is 52.0 Å². The Hall–Kier alpha value is -3.52. The van der Waals surface area contributed by atoms with Gasteiger partial charge in [-0.1, -0.05) is 145 Å². The fourth-order valence-electron chi connectivity index (χ4n) is 7.89. The van der Waals surface area contributed by atoms with E-state index >= 15 is 0 Å². The predicted molar refractivity (Wildman–Crippen MR) is 216 cm³/mol. The Kier molecular flexibility index (Phi) is 16.3. The Balaban J connectivity index is 0.976. The van der Waals surface area contributed by atoms with Gasteiger partial charge in [-0.25, -0.2) is 0 Å². The zero-order valence-electron chi connectivity index (χ0n) is 31.4. The summed E-state index contributed by atoms with van der Waals surface area (Å²) in [5.41, 5.74) is 24.9. The van der Waals surface area contributed by atoms with Crippen molar-refractivity contribution in [3.63, 3.8) is 0 Å². The first-order valence-electron chi connectivity index (χ1n) is 19.8. The molecule has 2 unspecified atom stereocenters. The molecule has 4 aromatic carbocycles. The van der Waals surface area contributed by atoms with E-state index in [9.17, 15) is 0 Å². The monoisotopic (exact) mass is 659 g/mol. The van der Waals surface area contributed by atoms with E-state index in [1.807, 2.05) is 12.1 Å². The third-order valence-electron chi connectivity index (χ3n) is 10.9. The molecule has 0 spiro atoms. The molecule has 0 aliphatic rings. The summed E-state index contributed by atoms with van der Waals surface area (Å²) in [7, 11) is 0. The number of benzene rings is 4. The van der Waals surface area contributed by atoms with Crippen molar-refractivity contribution in [1.29, 1.82) is 0 Å². The standard InChI is InChI=1S/C47H66N2/c1-5-44(46-32-30-42(48)34-36(46)3)40-26-22-38(23-27-40)20-18-16-14-12-10-8-7-9-11-13-15-17-19-21-39-24-28-41(29-25-39)45(6-2)47-33-31-43(49)35-37(47)4/h22-35,44-45H,5-21,48-49H2,1-4H3. The van der Waals surface area contributed by atoms with Gasteiger partial charge in [0.2, 0.25) is 0 Å². The van der Waals surface area contributed by atoms with Crippen molar-refractivity contribution in [3.05, 3.63) is 129 Å². The van der Waals surface area contributed by atoms with E-state index in [4.69, 9.17) is 11.5 Å². The number of hydrogen-bond acceptors (Lipinski definition) is 2. The number of anilines is 2. The zero-order valence-corrected chi connectivity index (χ0v) is 31.4. The highest BCUT2D eigenvalue weighted by molar-refractivity contribution is 5.49. The molecule has 49 heavy (non-hydrogen) atoms. The highest BCUT2D eigenvalue weighted by Gasteiger charge is 2.16. The minimum absolute atomic E-state index is 0.445. The first kappa shape index (κ1) is 38.3. The summed E-state index contributed by atoms with van der Waals surface area (Å²) in [6, 6.07) is 31.5. The summed E-state index contributed by atoms with van der Waals surface area (Å²) in [4.78, 5) is 0. The first-order valence-corrected chi connectivity index (χ1v) is 19.8. The van der Waals surface area contributed by atoms with Crippen LogP contribution in [0.4, 0.5) is 11.4 Å². The molecule has 4 rings (SSSR count). The molecule has 0 saturated heterocycles. The van der Waals surface area contributed by atoms with E-state index < -0.39 is 0 Å². The molecule has 4 aromatic rings. The molecule has 2 heteroatoms. The number of hydrogen-bond donors (Lipinski definition) is 2. The van der Waals surface area contributed by atoms with Crippen molar-refractivity contribution in [3.8, 4) is 0 Å². The quantitative estimate of drug-likeness (QED) is 0.0652. The summed E-state index contributed by atoms with van der Waals surface area (Å²) < 4.78 is 0. The summed E-state index contributed by atoms with van der Waals surface area (Å²) >= 11 is 0. The van der Waals surface area contributed by atoms with Gasteiger partial charge in [0.1, 0.15) is 0 Å². The van der Waals surface area contributed by atoms with E-state index in [1.165, 1.54) is 141 Å². The molecule has 0 aromatic heterocycles. The van der Waals surface area contributed by atoms with Crippen LogP contribution in [0.15, 0.2) is 84.9 Å². The SMILES string of the molecule is CCC(c1ccc(CCCCCCCCCCCCCCCc2ccc(C(CC)c3ccc(N)cc3C)cc2)cc1)c1ccc(N)cc1C. The smallest absolute Gasteiger partial charge is 0.0316 e. The maximum Gasteiger partial charge on any atom is 0.0316 e. The van der Waals surface area contributed by atoms with E-state index in [-0.39, 0.29) is 0 Å². The van der Waals surface area contributed by atoms with Crippen molar-refractivity contribution in [2.75, 3.05) is 11.5 Å². The molecule has 2 nitrogen and oxygen atoms in total. The fraction of sp³-hybridized carbons (Fsp3) is 0.489. The zero-order chi connectivity index (χ0) is 34.8. The van der Waals surface area contributed by atoms with Crippen molar-refractivity contribution in [2.45, 2.75) is 149 Å². The number of rotatable bonds is 22. The summed E-state index contributed by atoms with van der Waals surface area (Å²) in [6.07, 6.45) is 22.6. The Bertz CT molecular complexity index is 1390. The largest absolute Gasteiger partial charge is 0.399 e. The average molecular weight is 659 g/mol. The lowest BCUT2D eigenvalue weighted by atomic mass is 9.86. The van der Waals surface area contributed by atoms with Crippen molar-refractivity contribution in [1.82, 2.24) is 0 Å². The molecule has 0 fully saturated rings. The van der Waals surface area contributed by atoms with Crippen molar-refractivity contribution in [2.24, 2.45) is 0 Å². The van der Waals surface area contributed by atoms with Crippen LogP contribution in [0.2, 0.25) is 0 Å². The van der Waals surface area contributed by atoms with Crippen LogP contribution in [0.25, 0.3) is 0 Å². The summed E-state index contributed by atoms with van der Waals surface area (Å²) in [5, 5.41) is 0. The second-order valence-electron chi connectivity index (χ2n) is 14.7. The second kappa shape index (κ2) is 20.9. The Morgan fingerprint density at radius 2 is 0.714 bits per heavy atom. The first-order chi connectivity index (χ1) is 23.9. The minimum atomic E-state index is 0.445. The van der Waals surface area contributed by atoms with E-state index in [0.29, 0.717) is 11.8 Å². The maximum atomic E-state index is 5.99. The molecule has 2 atom stereocenters. The van der Waals surface area contributed by atoms with Crippen LogP contribution in [0.5, 0.6) is 0 Å². The molecule has 0 heterocycles. The molecular weight excluding hydrogens is 593 g/mol. The van der Waals surface area contributed by atoms with Gasteiger partial charge in [-0.3, -0.25) is 0 Å². The predicted octanol–water partition coefficient (Wildman–Crippen LogP) is 13.4. The number of nitrogens with two attached hydrogens (primary N) is 2. The molecule has 0 aliphatic carbocycles. The van der Waals surface area contributed by atoms with Crippen LogP contribution in [0.1, 0.15) is 167 Å². The van der Waals surface area contributed by atoms with Gasteiger partial charge in [-0.2, -0.15) is 0 Å². The number of unbranched alkanes of at least 4 members (excludes halogenated alkanes) is 12. The van der Waals surface area contributed by atoms with Crippen LogP contribution in [0, 0.1) is 13.8 Å². The lowest BCUT2D eigenvalue weighted by Gasteiger charge is -2.19.